The van der Waals surface area contributed by atoms with E-state index in [4.69, 9.17) is 15.6 Å². The van der Waals surface area contributed by atoms with E-state index >= 15 is 0 Å². The lowest BCUT2D eigenvalue weighted by molar-refractivity contribution is -0.0115. The molecular weight excluding hydrogens is 262 g/mol. The van der Waals surface area contributed by atoms with Crippen LogP contribution in [0.15, 0.2) is 11.1 Å². The standard InChI is InChI=1S/C9H13N5O3.ClH/c1-5(2-15)17-4-14-3-11-6-7(14)12-9(10)13-8(6)16;/h3,5,15H,2,4H2,1H3,(H3,10,12,13,16);1H. The zero-order valence-electron chi connectivity index (χ0n) is 9.66. The zero-order chi connectivity index (χ0) is 12.4. The fourth-order valence-electron chi connectivity index (χ4n) is 1.33. The zero-order valence-corrected chi connectivity index (χ0v) is 10.5. The molecule has 0 aliphatic carbocycles. The normalized spacial score (nSPS) is 12.3. The first-order valence-electron chi connectivity index (χ1n) is 5.05. The molecule has 100 valence electrons. The summed E-state index contributed by atoms with van der Waals surface area (Å²) >= 11 is 0. The Morgan fingerprint density at radius 1 is 1.67 bits per heavy atom. The lowest BCUT2D eigenvalue weighted by Crippen LogP contribution is -2.16. The second-order valence-electron chi connectivity index (χ2n) is 3.63. The molecule has 2 rings (SSSR count). The third-order valence-electron chi connectivity index (χ3n) is 2.25. The predicted octanol–water partition coefficient (Wildman–Crippen LogP) is -0.521. The summed E-state index contributed by atoms with van der Waals surface area (Å²) in [6.45, 7) is 1.80. The number of aromatic amines is 1. The van der Waals surface area contributed by atoms with Gasteiger partial charge in [0.1, 0.15) is 6.73 Å². The van der Waals surface area contributed by atoms with Crippen molar-refractivity contribution in [1.82, 2.24) is 19.5 Å². The molecule has 0 spiro atoms. The maximum absolute atomic E-state index is 11.5. The van der Waals surface area contributed by atoms with Gasteiger partial charge in [0.15, 0.2) is 11.2 Å². The first-order chi connectivity index (χ1) is 8.11. The highest BCUT2D eigenvalue weighted by atomic mass is 35.5. The molecule has 0 bridgehead atoms. The van der Waals surface area contributed by atoms with E-state index in [0.29, 0.717) is 5.65 Å². The molecule has 2 aromatic rings. The number of aromatic nitrogens is 4. The smallest absolute Gasteiger partial charge is 0.280 e. The number of nitrogens with two attached hydrogens (primary N) is 1. The Hall–Kier alpha value is -1.64. The topological polar surface area (TPSA) is 119 Å². The molecule has 0 saturated carbocycles. The maximum Gasteiger partial charge on any atom is 0.280 e. The number of nitrogen functional groups attached to an aromatic ring is 1. The summed E-state index contributed by atoms with van der Waals surface area (Å²) < 4.78 is 6.85. The molecule has 0 fully saturated rings. The van der Waals surface area contributed by atoms with Crippen LogP contribution < -0.4 is 11.3 Å². The molecule has 2 heterocycles. The highest BCUT2D eigenvalue weighted by Crippen LogP contribution is 2.07. The number of nitrogens with zero attached hydrogens (tertiary/aromatic N) is 3. The number of aliphatic hydroxyl groups excluding tert-OH is 1. The molecule has 0 radical (unpaired) electrons. The van der Waals surface area contributed by atoms with E-state index in [-0.39, 0.29) is 48.9 Å². The predicted molar refractivity (Wildman–Crippen MR) is 67.4 cm³/mol. The van der Waals surface area contributed by atoms with E-state index in [1.807, 2.05) is 0 Å². The molecule has 1 unspecified atom stereocenters. The lowest BCUT2D eigenvalue weighted by Gasteiger charge is -2.10. The van der Waals surface area contributed by atoms with Crippen molar-refractivity contribution >= 4 is 29.5 Å². The number of imidazole rings is 1. The summed E-state index contributed by atoms with van der Waals surface area (Å²) in [5, 5.41) is 8.82. The van der Waals surface area contributed by atoms with Gasteiger partial charge in [0.2, 0.25) is 5.95 Å². The molecule has 0 amide bonds. The van der Waals surface area contributed by atoms with Crippen LogP contribution in [0.5, 0.6) is 0 Å². The van der Waals surface area contributed by atoms with Gasteiger partial charge in [-0.1, -0.05) is 0 Å². The van der Waals surface area contributed by atoms with Gasteiger partial charge in [-0.05, 0) is 6.92 Å². The summed E-state index contributed by atoms with van der Waals surface area (Å²) in [7, 11) is 0. The molecule has 9 heteroatoms. The molecule has 1 atom stereocenters. The van der Waals surface area contributed by atoms with Gasteiger partial charge in [-0.2, -0.15) is 4.98 Å². The van der Waals surface area contributed by atoms with E-state index in [2.05, 4.69) is 15.0 Å². The van der Waals surface area contributed by atoms with Crippen LogP contribution in [0.25, 0.3) is 11.2 Å². The van der Waals surface area contributed by atoms with Gasteiger partial charge in [0.05, 0.1) is 19.0 Å². The van der Waals surface area contributed by atoms with Crippen molar-refractivity contribution < 1.29 is 9.84 Å². The molecule has 0 aromatic carbocycles. The highest BCUT2D eigenvalue weighted by Gasteiger charge is 2.09. The van der Waals surface area contributed by atoms with Crippen LogP contribution in [0, 0.1) is 0 Å². The second kappa shape index (κ2) is 5.80. The van der Waals surface area contributed by atoms with Crippen LogP contribution in [-0.2, 0) is 11.5 Å². The van der Waals surface area contributed by atoms with Crippen LogP contribution >= 0.6 is 12.4 Å². The van der Waals surface area contributed by atoms with Gasteiger partial charge >= 0.3 is 0 Å². The third-order valence-corrected chi connectivity index (χ3v) is 2.25. The van der Waals surface area contributed by atoms with E-state index < -0.39 is 0 Å². The van der Waals surface area contributed by atoms with Crippen LogP contribution in [0.4, 0.5) is 5.95 Å². The van der Waals surface area contributed by atoms with Gasteiger partial charge in [0.25, 0.3) is 5.56 Å². The first-order valence-corrected chi connectivity index (χ1v) is 5.05. The Balaban J connectivity index is 0.00000162. The maximum atomic E-state index is 11.5. The molecule has 0 saturated heterocycles. The number of H-pyrrole nitrogens is 1. The number of rotatable bonds is 4. The number of nitrogens with one attached hydrogen (secondary N) is 1. The number of hydrogen-bond acceptors (Lipinski definition) is 6. The molecule has 0 aliphatic heterocycles. The van der Waals surface area contributed by atoms with Crippen molar-refractivity contribution in [3.05, 3.63) is 16.7 Å². The minimum atomic E-state index is -0.388. The summed E-state index contributed by atoms with van der Waals surface area (Å²) in [6.07, 6.45) is 1.14. The first kappa shape index (κ1) is 14.4. The van der Waals surface area contributed by atoms with Crippen molar-refractivity contribution in [2.24, 2.45) is 0 Å². The van der Waals surface area contributed by atoms with Crippen LogP contribution in [0.3, 0.4) is 0 Å². The fourth-order valence-corrected chi connectivity index (χ4v) is 1.33. The molecular formula is C9H14ClN5O3. The lowest BCUT2D eigenvalue weighted by atomic mass is 10.4. The minimum Gasteiger partial charge on any atom is -0.394 e. The van der Waals surface area contributed by atoms with Gasteiger partial charge in [0, 0.05) is 0 Å². The molecule has 18 heavy (non-hydrogen) atoms. The van der Waals surface area contributed by atoms with Crippen molar-refractivity contribution in [2.45, 2.75) is 19.8 Å². The summed E-state index contributed by atoms with van der Waals surface area (Å²) in [4.78, 5) is 21.7. The number of hydrogen-bond donors (Lipinski definition) is 3. The van der Waals surface area contributed by atoms with Crippen molar-refractivity contribution in [3.63, 3.8) is 0 Å². The fraction of sp³-hybridized carbons (Fsp3) is 0.444. The van der Waals surface area contributed by atoms with Gasteiger partial charge < -0.3 is 15.6 Å². The highest BCUT2D eigenvalue weighted by molar-refractivity contribution is 5.85. The Morgan fingerprint density at radius 2 is 2.39 bits per heavy atom. The van der Waals surface area contributed by atoms with Crippen molar-refractivity contribution in [1.29, 1.82) is 0 Å². The van der Waals surface area contributed by atoms with Gasteiger partial charge in [-0.15, -0.1) is 12.4 Å². The number of aliphatic hydroxyl groups is 1. The van der Waals surface area contributed by atoms with Crippen LogP contribution in [0.1, 0.15) is 6.92 Å². The van der Waals surface area contributed by atoms with Gasteiger partial charge in [-0.25, -0.2) is 4.98 Å². The Kier molecular flexibility index (Phi) is 4.65. The average Bonchev–Trinajstić information content (AvgIpc) is 2.69. The summed E-state index contributed by atoms with van der Waals surface area (Å²) in [5.74, 6) is 0.0273. The number of ether oxygens (including phenoxy) is 1. The summed E-state index contributed by atoms with van der Waals surface area (Å²) in [6, 6.07) is 0. The Morgan fingerprint density at radius 3 is 3.06 bits per heavy atom. The van der Waals surface area contributed by atoms with Crippen LogP contribution in [-0.4, -0.2) is 37.3 Å². The summed E-state index contributed by atoms with van der Waals surface area (Å²) in [5.41, 5.74) is 5.62. The van der Waals surface area contributed by atoms with Crippen molar-refractivity contribution in [3.8, 4) is 0 Å². The van der Waals surface area contributed by atoms with E-state index in [1.165, 1.54) is 6.33 Å². The molecule has 0 aliphatic rings. The number of fused-ring (bicyclic) bond motifs is 1. The monoisotopic (exact) mass is 275 g/mol. The van der Waals surface area contributed by atoms with Crippen molar-refractivity contribution in [2.75, 3.05) is 12.3 Å². The Bertz CT molecular complexity index is 581. The van der Waals surface area contributed by atoms with E-state index in [9.17, 15) is 4.79 Å². The largest absolute Gasteiger partial charge is 0.394 e. The number of anilines is 1. The van der Waals surface area contributed by atoms with Crippen LogP contribution in [0.2, 0.25) is 0 Å². The van der Waals surface area contributed by atoms with Gasteiger partial charge in [-0.3, -0.25) is 14.3 Å². The molecule has 8 nitrogen and oxygen atoms in total. The van der Waals surface area contributed by atoms with E-state index in [1.54, 1.807) is 11.5 Å². The third kappa shape index (κ3) is 2.78. The second-order valence-corrected chi connectivity index (χ2v) is 3.63. The molecule has 4 N–H and O–H groups in total. The SMILES string of the molecule is CC(CO)OCn1cnc2c(=O)[nH]c(N)nc21.Cl. The number of halogens is 1. The quantitative estimate of drug-likeness (QED) is 0.691. The minimum absolute atomic E-state index is 0. The Labute approximate surface area is 108 Å². The van der Waals surface area contributed by atoms with E-state index in [0.717, 1.165) is 0 Å². The average molecular weight is 276 g/mol. The molecule has 2 aromatic heterocycles.